The van der Waals surface area contributed by atoms with Gasteiger partial charge in [0.05, 0.1) is 11.8 Å². The molecular formula is C11H9ClN4OS. The van der Waals surface area contributed by atoms with Gasteiger partial charge in [0.2, 0.25) is 0 Å². The molecule has 0 atom stereocenters. The Bertz CT molecular complexity index is 611. The summed E-state index contributed by atoms with van der Waals surface area (Å²) in [6.45, 7) is 0. The van der Waals surface area contributed by atoms with E-state index in [0.29, 0.717) is 22.0 Å². The highest BCUT2D eigenvalue weighted by Gasteiger charge is 2.12. The average Bonchev–Trinajstić information content (AvgIpc) is 2.77. The first-order valence-electron chi connectivity index (χ1n) is 4.98. The van der Waals surface area contributed by atoms with Crippen LogP contribution in [0.15, 0.2) is 30.5 Å². The van der Waals surface area contributed by atoms with Gasteiger partial charge in [-0.15, -0.1) is 0 Å². The van der Waals surface area contributed by atoms with E-state index in [-0.39, 0.29) is 10.9 Å². The molecule has 5 nitrogen and oxygen atoms in total. The van der Waals surface area contributed by atoms with Crippen molar-refractivity contribution in [2.24, 2.45) is 5.73 Å². The first kappa shape index (κ1) is 12.5. The Morgan fingerprint density at radius 2 is 2.28 bits per heavy atom. The predicted molar refractivity (Wildman–Crippen MR) is 73.9 cm³/mol. The zero-order valence-corrected chi connectivity index (χ0v) is 10.7. The van der Waals surface area contributed by atoms with Crippen molar-refractivity contribution in [2.45, 2.75) is 0 Å². The summed E-state index contributed by atoms with van der Waals surface area (Å²) >= 11 is 10.7. The number of anilines is 1. The summed E-state index contributed by atoms with van der Waals surface area (Å²) in [5.41, 5.74) is 6.42. The molecule has 18 heavy (non-hydrogen) atoms. The smallest absolute Gasteiger partial charge is 0.256 e. The number of nitrogens with two attached hydrogens (primary N) is 1. The Labute approximate surface area is 113 Å². The molecular weight excluding hydrogens is 272 g/mol. The molecule has 1 amide bonds. The monoisotopic (exact) mass is 280 g/mol. The topological polar surface area (TPSA) is 83.8 Å². The van der Waals surface area contributed by atoms with Gasteiger partial charge in [0.1, 0.15) is 10.8 Å². The van der Waals surface area contributed by atoms with Crippen molar-refractivity contribution in [1.82, 2.24) is 10.2 Å². The predicted octanol–water partition coefficient (Wildman–Crippen LogP) is 1.95. The number of halogens is 1. The number of aromatic amines is 1. The lowest BCUT2D eigenvalue weighted by molar-refractivity contribution is 0.102. The summed E-state index contributed by atoms with van der Waals surface area (Å²) < 4.78 is 0. The zero-order valence-electron chi connectivity index (χ0n) is 9.11. The minimum atomic E-state index is -0.320. The fourth-order valence-electron chi connectivity index (χ4n) is 1.38. The molecule has 0 aliphatic carbocycles. The van der Waals surface area contributed by atoms with Crippen LogP contribution in [0.5, 0.6) is 0 Å². The van der Waals surface area contributed by atoms with Crippen LogP contribution >= 0.6 is 23.8 Å². The van der Waals surface area contributed by atoms with Crippen molar-refractivity contribution in [3.8, 4) is 0 Å². The SMILES string of the molecule is NC(=S)c1cn[nH]c1NC(=O)c1cccc(Cl)c1. The molecule has 1 aromatic carbocycles. The molecule has 92 valence electrons. The number of rotatable bonds is 3. The van der Waals surface area contributed by atoms with Gasteiger partial charge in [-0.2, -0.15) is 5.10 Å². The molecule has 0 aliphatic rings. The highest BCUT2D eigenvalue weighted by Crippen LogP contribution is 2.14. The van der Waals surface area contributed by atoms with E-state index < -0.39 is 0 Å². The molecule has 2 rings (SSSR count). The quantitative estimate of drug-likeness (QED) is 0.751. The minimum Gasteiger partial charge on any atom is -0.389 e. The second kappa shape index (κ2) is 5.16. The summed E-state index contributed by atoms with van der Waals surface area (Å²) in [5.74, 6) is 0.0479. The number of nitrogens with zero attached hydrogens (tertiary/aromatic N) is 1. The number of thiocarbonyl (C=S) groups is 1. The van der Waals surface area contributed by atoms with E-state index in [2.05, 4.69) is 15.5 Å². The third-order valence-electron chi connectivity index (χ3n) is 2.23. The van der Waals surface area contributed by atoms with Crippen molar-refractivity contribution in [3.05, 3.63) is 46.6 Å². The lowest BCUT2D eigenvalue weighted by Gasteiger charge is -2.05. The van der Waals surface area contributed by atoms with Crippen LogP contribution in [0.1, 0.15) is 15.9 Å². The van der Waals surface area contributed by atoms with Gasteiger partial charge in [0.15, 0.2) is 0 Å². The number of carbonyl (C=O) groups is 1. The number of benzene rings is 1. The molecule has 0 bridgehead atoms. The molecule has 4 N–H and O–H groups in total. The largest absolute Gasteiger partial charge is 0.389 e. The standard InChI is InChI=1S/C11H9ClN4OS/c12-7-3-1-2-6(4-7)11(17)15-10-8(9(13)18)5-14-16-10/h1-5H,(H2,13,18)(H2,14,15,16,17). The van der Waals surface area contributed by atoms with Crippen molar-refractivity contribution in [2.75, 3.05) is 5.32 Å². The summed E-state index contributed by atoms with van der Waals surface area (Å²) in [6.07, 6.45) is 1.45. The molecule has 0 aliphatic heterocycles. The summed E-state index contributed by atoms with van der Waals surface area (Å²) in [4.78, 5) is 12.1. The number of H-pyrrole nitrogens is 1. The second-order valence-corrected chi connectivity index (χ2v) is 4.36. The van der Waals surface area contributed by atoms with Gasteiger partial charge in [-0.05, 0) is 18.2 Å². The van der Waals surface area contributed by atoms with Crippen LogP contribution in [0.3, 0.4) is 0 Å². The van der Waals surface area contributed by atoms with Crippen LogP contribution < -0.4 is 11.1 Å². The van der Waals surface area contributed by atoms with Gasteiger partial charge in [0, 0.05) is 10.6 Å². The number of hydrogen-bond acceptors (Lipinski definition) is 3. The van der Waals surface area contributed by atoms with E-state index in [1.807, 2.05) is 0 Å². The highest BCUT2D eigenvalue weighted by molar-refractivity contribution is 7.80. The molecule has 0 saturated carbocycles. The van der Waals surface area contributed by atoms with E-state index in [9.17, 15) is 4.79 Å². The van der Waals surface area contributed by atoms with Gasteiger partial charge in [-0.1, -0.05) is 29.9 Å². The number of aromatic nitrogens is 2. The maximum absolute atomic E-state index is 11.9. The molecule has 1 aromatic heterocycles. The molecule has 0 radical (unpaired) electrons. The third-order valence-corrected chi connectivity index (χ3v) is 2.69. The minimum absolute atomic E-state index is 0.158. The number of nitrogens with one attached hydrogen (secondary N) is 2. The van der Waals surface area contributed by atoms with Gasteiger partial charge >= 0.3 is 0 Å². The number of carbonyl (C=O) groups excluding carboxylic acids is 1. The van der Waals surface area contributed by atoms with Crippen molar-refractivity contribution in [3.63, 3.8) is 0 Å². The Morgan fingerprint density at radius 3 is 2.94 bits per heavy atom. The average molecular weight is 281 g/mol. The van der Waals surface area contributed by atoms with E-state index in [1.165, 1.54) is 6.20 Å². The molecule has 0 saturated heterocycles. The maximum atomic E-state index is 11.9. The summed E-state index contributed by atoms with van der Waals surface area (Å²) in [5, 5.41) is 9.51. The Morgan fingerprint density at radius 1 is 1.50 bits per heavy atom. The van der Waals surface area contributed by atoms with Crippen LogP contribution in [0.2, 0.25) is 5.02 Å². The van der Waals surface area contributed by atoms with Gasteiger partial charge < -0.3 is 11.1 Å². The first-order valence-corrected chi connectivity index (χ1v) is 5.76. The van der Waals surface area contributed by atoms with Gasteiger partial charge in [-0.25, -0.2) is 0 Å². The molecule has 0 spiro atoms. The van der Waals surface area contributed by atoms with Crippen LogP contribution in [0.4, 0.5) is 5.82 Å². The Balaban J connectivity index is 2.21. The van der Waals surface area contributed by atoms with Gasteiger partial charge in [-0.3, -0.25) is 9.89 Å². The number of amides is 1. The maximum Gasteiger partial charge on any atom is 0.256 e. The molecule has 2 aromatic rings. The molecule has 1 heterocycles. The first-order chi connectivity index (χ1) is 8.58. The van der Waals surface area contributed by atoms with E-state index in [4.69, 9.17) is 29.6 Å². The van der Waals surface area contributed by atoms with Crippen molar-refractivity contribution < 1.29 is 4.79 Å². The van der Waals surface area contributed by atoms with Gasteiger partial charge in [0.25, 0.3) is 5.91 Å². The van der Waals surface area contributed by atoms with Crippen molar-refractivity contribution in [1.29, 1.82) is 0 Å². The van der Waals surface area contributed by atoms with Crippen LogP contribution in [0, 0.1) is 0 Å². The normalized spacial score (nSPS) is 10.1. The highest BCUT2D eigenvalue weighted by atomic mass is 35.5. The van der Waals surface area contributed by atoms with Crippen LogP contribution in [-0.2, 0) is 0 Å². The Hall–Kier alpha value is -1.92. The lowest BCUT2D eigenvalue weighted by atomic mass is 10.2. The second-order valence-electron chi connectivity index (χ2n) is 3.49. The van der Waals surface area contributed by atoms with Crippen molar-refractivity contribution >= 4 is 40.5 Å². The molecule has 7 heteroatoms. The Kier molecular flexibility index (Phi) is 3.59. The summed E-state index contributed by atoms with van der Waals surface area (Å²) in [7, 11) is 0. The fourth-order valence-corrected chi connectivity index (χ4v) is 1.73. The van der Waals surface area contributed by atoms with E-state index >= 15 is 0 Å². The van der Waals surface area contributed by atoms with Crippen LogP contribution in [0.25, 0.3) is 0 Å². The molecule has 0 unspecified atom stereocenters. The third kappa shape index (κ3) is 2.66. The summed E-state index contributed by atoms with van der Waals surface area (Å²) in [6, 6.07) is 6.60. The lowest BCUT2D eigenvalue weighted by Crippen LogP contribution is -2.16. The molecule has 0 fully saturated rings. The fraction of sp³-hybridized carbons (Fsp3) is 0. The van der Waals surface area contributed by atoms with Crippen LogP contribution in [-0.4, -0.2) is 21.1 Å². The number of hydrogen-bond donors (Lipinski definition) is 3. The van der Waals surface area contributed by atoms with E-state index in [0.717, 1.165) is 0 Å². The van der Waals surface area contributed by atoms with E-state index in [1.54, 1.807) is 24.3 Å². The zero-order chi connectivity index (χ0) is 13.1.